The molecule has 1 atom stereocenters. The monoisotopic (exact) mass is 111 g/mol. The van der Waals surface area contributed by atoms with Gasteiger partial charge in [-0.3, -0.25) is 4.79 Å². The van der Waals surface area contributed by atoms with Crippen LogP contribution < -0.4 is 5.43 Å². The smallest absolute Gasteiger partial charge is 0.240 e. The zero-order valence-corrected chi connectivity index (χ0v) is 4.64. The van der Waals surface area contributed by atoms with Gasteiger partial charge in [-0.05, 0) is 0 Å². The van der Waals surface area contributed by atoms with Gasteiger partial charge in [-0.25, -0.2) is 5.43 Å². The van der Waals surface area contributed by atoms with Crippen molar-refractivity contribution in [1.29, 1.82) is 0 Å². The molecule has 0 aliphatic carbocycles. The number of hydrazone groups is 1. The molecule has 1 heterocycles. The van der Waals surface area contributed by atoms with Crippen LogP contribution >= 0.6 is 0 Å². The minimum Gasteiger partial charge on any atom is -0.273 e. The van der Waals surface area contributed by atoms with E-state index in [0.29, 0.717) is 6.42 Å². The van der Waals surface area contributed by atoms with E-state index in [2.05, 4.69) is 16.7 Å². The quantitative estimate of drug-likeness (QED) is 0.470. The maximum absolute atomic E-state index is 10.4. The lowest BCUT2D eigenvalue weighted by molar-refractivity contribution is -0.121. The lowest BCUT2D eigenvalue weighted by Crippen LogP contribution is -2.25. The molecule has 1 radical (unpaired) electrons. The summed E-state index contributed by atoms with van der Waals surface area (Å²) in [6.45, 7) is 1.90. The summed E-state index contributed by atoms with van der Waals surface area (Å²) in [5.41, 5.74) is 2.29. The number of amides is 1. The fourth-order valence-corrected chi connectivity index (χ4v) is 0.574. The van der Waals surface area contributed by atoms with Crippen molar-refractivity contribution in [3.63, 3.8) is 0 Å². The van der Waals surface area contributed by atoms with E-state index in [9.17, 15) is 4.79 Å². The Labute approximate surface area is 47.8 Å². The van der Waals surface area contributed by atoms with E-state index in [1.165, 1.54) is 0 Å². The van der Waals surface area contributed by atoms with Gasteiger partial charge >= 0.3 is 0 Å². The van der Waals surface area contributed by atoms with Crippen molar-refractivity contribution < 1.29 is 4.79 Å². The molecule has 0 bridgehead atoms. The van der Waals surface area contributed by atoms with Gasteiger partial charge in [-0.2, -0.15) is 5.10 Å². The minimum absolute atomic E-state index is 0.0174. The molecule has 0 aromatic rings. The minimum atomic E-state index is -0.0174. The van der Waals surface area contributed by atoms with Gasteiger partial charge in [0.25, 0.3) is 0 Å². The van der Waals surface area contributed by atoms with Crippen LogP contribution in [0.1, 0.15) is 13.3 Å². The van der Waals surface area contributed by atoms with Crippen LogP contribution in [0.15, 0.2) is 5.10 Å². The summed E-state index contributed by atoms with van der Waals surface area (Å²) in [6.07, 6.45) is 3.22. The Bertz CT molecular complexity index is 130. The van der Waals surface area contributed by atoms with Crippen LogP contribution in [0.4, 0.5) is 0 Å². The van der Waals surface area contributed by atoms with Gasteiger partial charge in [0.15, 0.2) is 0 Å². The summed E-state index contributed by atoms with van der Waals surface area (Å²) in [5, 5.41) is 3.49. The highest BCUT2D eigenvalue weighted by Gasteiger charge is 2.10. The number of carbonyl (C=O) groups excluding carboxylic acids is 1. The molecule has 1 unspecified atom stereocenters. The van der Waals surface area contributed by atoms with Crippen molar-refractivity contribution in [2.24, 2.45) is 11.0 Å². The van der Waals surface area contributed by atoms with Crippen LogP contribution in [0.5, 0.6) is 0 Å². The Balaban J connectivity index is 2.54. The SMILES string of the molecule is CC1[C]=NNC(=O)C1. The first kappa shape index (κ1) is 5.28. The van der Waals surface area contributed by atoms with Gasteiger partial charge in [-0.1, -0.05) is 6.92 Å². The second kappa shape index (κ2) is 1.94. The molecule has 3 nitrogen and oxygen atoms in total. The molecule has 1 amide bonds. The van der Waals surface area contributed by atoms with Gasteiger partial charge in [-0.15, -0.1) is 0 Å². The van der Waals surface area contributed by atoms with E-state index in [0.717, 1.165) is 0 Å². The number of rotatable bonds is 0. The number of hydrogen-bond acceptors (Lipinski definition) is 2. The van der Waals surface area contributed by atoms with Gasteiger partial charge in [0.1, 0.15) is 0 Å². The third-order valence-corrected chi connectivity index (χ3v) is 0.957. The molecule has 1 N–H and O–H groups in total. The fraction of sp³-hybridized carbons (Fsp3) is 0.600. The van der Waals surface area contributed by atoms with Crippen LogP contribution in [0.25, 0.3) is 0 Å². The largest absolute Gasteiger partial charge is 0.273 e. The summed E-state index contributed by atoms with van der Waals surface area (Å²) in [5.74, 6) is 0.167. The van der Waals surface area contributed by atoms with Gasteiger partial charge in [0.2, 0.25) is 5.91 Å². The van der Waals surface area contributed by atoms with E-state index in [-0.39, 0.29) is 11.8 Å². The summed E-state index contributed by atoms with van der Waals surface area (Å²) in [4.78, 5) is 10.4. The molecule has 3 heteroatoms. The highest BCUT2D eigenvalue weighted by atomic mass is 16.2. The lowest BCUT2D eigenvalue weighted by atomic mass is 10.1. The number of nitrogens with zero attached hydrogens (tertiary/aromatic N) is 1. The standard InChI is InChI=1S/C5H7N2O/c1-4-2-5(8)7-6-3-4/h4H,2H2,1H3,(H,7,8). The van der Waals surface area contributed by atoms with Crippen LogP contribution in [-0.2, 0) is 4.79 Å². The number of hydrogen-bond donors (Lipinski definition) is 1. The summed E-state index contributed by atoms with van der Waals surface area (Å²) < 4.78 is 0. The summed E-state index contributed by atoms with van der Waals surface area (Å²) >= 11 is 0. The van der Waals surface area contributed by atoms with Gasteiger partial charge in [0.05, 0.1) is 6.21 Å². The molecule has 0 spiro atoms. The van der Waals surface area contributed by atoms with Crippen molar-refractivity contribution in [3.05, 3.63) is 0 Å². The molecule has 0 saturated heterocycles. The summed E-state index contributed by atoms with van der Waals surface area (Å²) in [7, 11) is 0. The Kier molecular flexibility index (Phi) is 1.28. The molecule has 0 aromatic heterocycles. The van der Waals surface area contributed by atoms with E-state index in [1.54, 1.807) is 0 Å². The number of carbonyl (C=O) groups is 1. The predicted octanol–water partition coefficient (Wildman–Crippen LogP) is 0.00520. The molecule has 0 fully saturated rings. The Hall–Kier alpha value is -0.860. The zero-order chi connectivity index (χ0) is 5.98. The predicted molar refractivity (Wildman–Crippen MR) is 29.4 cm³/mol. The highest BCUT2D eigenvalue weighted by molar-refractivity contribution is 5.83. The Morgan fingerprint density at radius 3 is 3.12 bits per heavy atom. The van der Waals surface area contributed by atoms with Crippen LogP contribution in [0.2, 0.25) is 0 Å². The Morgan fingerprint density at radius 2 is 2.75 bits per heavy atom. The van der Waals surface area contributed by atoms with E-state index >= 15 is 0 Å². The average molecular weight is 111 g/mol. The van der Waals surface area contributed by atoms with Crippen LogP contribution in [0, 0.1) is 5.92 Å². The number of nitrogens with one attached hydrogen (secondary N) is 1. The normalized spacial score (nSPS) is 27.6. The first-order chi connectivity index (χ1) is 3.79. The maximum Gasteiger partial charge on any atom is 0.240 e. The molecule has 43 valence electrons. The molecule has 1 aliphatic rings. The van der Waals surface area contributed by atoms with Crippen LogP contribution in [0.3, 0.4) is 0 Å². The zero-order valence-electron chi connectivity index (χ0n) is 4.64. The lowest BCUT2D eigenvalue weighted by Gasteiger charge is -2.07. The van der Waals surface area contributed by atoms with E-state index in [1.807, 2.05) is 6.92 Å². The van der Waals surface area contributed by atoms with Gasteiger partial charge in [0, 0.05) is 12.3 Å². The van der Waals surface area contributed by atoms with Crippen molar-refractivity contribution >= 4 is 12.1 Å². The topological polar surface area (TPSA) is 41.5 Å². The van der Waals surface area contributed by atoms with Crippen molar-refractivity contribution in [1.82, 2.24) is 5.43 Å². The maximum atomic E-state index is 10.4. The molecule has 1 aliphatic heterocycles. The average Bonchev–Trinajstić information content (AvgIpc) is 1.64. The van der Waals surface area contributed by atoms with E-state index in [4.69, 9.17) is 0 Å². The molecule has 0 aromatic carbocycles. The Morgan fingerprint density at radius 1 is 2.00 bits per heavy atom. The second-order valence-corrected chi connectivity index (χ2v) is 1.88. The van der Waals surface area contributed by atoms with Crippen molar-refractivity contribution in [2.45, 2.75) is 13.3 Å². The molecule has 8 heavy (non-hydrogen) atoms. The molecular formula is C5H7N2O. The molecule has 1 rings (SSSR count). The third-order valence-electron chi connectivity index (χ3n) is 0.957. The van der Waals surface area contributed by atoms with Gasteiger partial charge < -0.3 is 0 Å². The van der Waals surface area contributed by atoms with E-state index < -0.39 is 0 Å². The first-order valence-electron chi connectivity index (χ1n) is 2.53. The first-order valence-corrected chi connectivity index (χ1v) is 2.53. The van der Waals surface area contributed by atoms with Crippen molar-refractivity contribution in [2.75, 3.05) is 0 Å². The van der Waals surface area contributed by atoms with Crippen LogP contribution in [-0.4, -0.2) is 12.1 Å². The third kappa shape index (κ3) is 1.05. The summed E-state index contributed by atoms with van der Waals surface area (Å²) in [6, 6.07) is 0. The van der Waals surface area contributed by atoms with Crippen molar-refractivity contribution in [3.8, 4) is 0 Å². The molecular weight excluding hydrogens is 104 g/mol. The second-order valence-electron chi connectivity index (χ2n) is 1.88. The highest BCUT2D eigenvalue weighted by Crippen LogP contribution is 2.00. The fourth-order valence-electron chi connectivity index (χ4n) is 0.574. The molecule has 0 saturated carbocycles.